The van der Waals surface area contributed by atoms with Crippen LogP contribution in [0.15, 0.2) is 53.0 Å². The Morgan fingerprint density at radius 1 is 1.23 bits per heavy atom. The number of carbonyl (C=O) groups is 1. The van der Waals surface area contributed by atoms with E-state index >= 15 is 0 Å². The molecule has 0 unspecified atom stereocenters. The van der Waals surface area contributed by atoms with Crippen LogP contribution >= 0.6 is 15.9 Å². The number of halogens is 1. The van der Waals surface area contributed by atoms with Gasteiger partial charge in [0.1, 0.15) is 31.4 Å². The van der Waals surface area contributed by atoms with Crippen molar-refractivity contribution in [3.8, 4) is 5.75 Å². The van der Waals surface area contributed by atoms with Crippen LogP contribution < -0.4 is 15.0 Å². The molecule has 0 aliphatic carbocycles. The van der Waals surface area contributed by atoms with Gasteiger partial charge >= 0.3 is 0 Å². The van der Waals surface area contributed by atoms with Crippen molar-refractivity contribution in [1.29, 1.82) is 0 Å². The summed E-state index contributed by atoms with van der Waals surface area (Å²) in [6.07, 6.45) is 0. The van der Waals surface area contributed by atoms with Crippen LogP contribution in [0.4, 0.5) is 0 Å². The molecule has 1 heterocycles. The van der Waals surface area contributed by atoms with Crippen molar-refractivity contribution in [2.75, 3.05) is 40.0 Å². The Balaban J connectivity index is 1.76. The Hall–Kier alpha value is -1.89. The van der Waals surface area contributed by atoms with Crippen molar-refractivity contribution >= 4 is 21.8 Å². The van der Waals surface area contributed by atoms with Gasteiger partial charge in [0.15, 0.2) is 0 Å². The molecule has 1 aliphatic rings. The van der Waals surface area contributed by atoms with E-state index in [1.54, 1.807) is 25.3 Å². The highest BCUT2D eigenvalue weighted by molar-refractivity contribution is 9.10. The smallest absolute Gasteiger partial charge is 0.252 e. The first-order valence-corrected chi connectivity index (χ1v) is 9.57. The third-order valence-electron chi connectivity index (χ3n) is 4.61. The molecule has 0 radical (unpaired) electrons. The number of hydrogen-bond acceptors (Lipinski definition) is 3. The quantitative estimate of drug-likeness (QED) is 0.750. The fourth-order valence-corrected chi connectivity index (χ4v) is 3.68. The van der Waals surface area contributed by atoms with E-state index < -0.39 is 0 Å². The fourth-order valence-electron chi connectivity index (χ4n) is 3.14. The minimum absolute atomic E-state index is 0.0438. The Morgan fingerprint density at radius 3 is 2.62 bits per heavy atom. The van der Waals surface area contributed by atoms with Crippen LogP contribution in [0.1, 0.15) is 22.0 Å². The third-order valence-corrected chi connectivity index (χ3v) is 5.23. The van der Waals surface area contributed by atoms with E-state index in [0.29, 0.717) is 11.3 Å². The van der Waals surface area contributed by atoms with E-state index in [4.69, 9.17) is 9.47 Å². The van der Waals surface area contributed by atoms with Gasteiger partial charge in [-0.2, -0.15) is 0 Å². The van der Waals surface area contributed by atoms with Gasteiger partial charge in [0.05, 0.1) is 24.8 Å². The molecular formula is C20H24BrN2O3+. The molecule has 26 heavy (non-hydrogen) atoms. The number of benzene rings is 2. The van der Waals surface area contributed by atoms with Crippen LogP contribution in [-0.4, -0.2) is 45.9 Å². The zero-order valence-corrected chi connectivity index (χ0v) is 16.4. The van der Waals surface area contributed by atoms with E-state index in [-0.39, 0.29) is 11.9 Å². The molecule has 1 amide bonds. The van der Waals surface area contributed by atoms with Gasteiger partial charge < -0.3 is 19.7 Å². The van der Waals surface area contributed by atoms with Gasteiger partial charge in [-0.05, 0) is 39.7 Å². The van der Waals surface area contributed by atoms with E-state index in [0.717, 1.165) is 42.9 Å². The molecule has 1 aliphatic heterocycles. The lowest BCUT2D eigenvalue weighted by atomic mass is 10.1. The molecule has 5 nitrogen and oxygen atoms in total. The number of nitrogens with one attached hydrogen (secondary N) is 2. The predicted octanol–water partition coefficient (Wildman–Crippen LogP) is 1.84. The van der Waals surface area contributed by atoms with Gasteiger partial charge in [0.2, 0.25) is 0 Å². The SMILES string of the molecule is COc1ccc(C(=O)N[C@H](C[NH+]2CCOCC2)c2ccccc2)cc1Br. The van der Waals surface area contributed by atoms with E-state index in [1.165, 1.54) is 4.90 Å². The van der Waals surface area contributed by atoms with Crippen LogP contribution in [0.5, 0.6) is 5.75 Å². The maximum Gasteiger partial charge on any atom is 0.252 e. The number of methoxy groups -OCH3 is 1. The van der Waals surface area contributed by atoms with Crippen LogP contribution in [0.3, 0.4) is 0 Å². The summed E-state index contributed by atoms with van der Waals surface area (Å²) in [4.78, 5) is 14.3. The summed E-state index contributed by atoms with van der Waals surface area (Å²) in [6, 6.07) is 15.5. The van der Waals surface area contributed by atoms with Crippen molar-refractivity contribution in [3.63, 3.8) is 0 Å². The largest absolute Gasteiger partial charge is 0.496 e. The topological polar surface area (TPSA) is 52.0 Å². The summed E-state index contributed by atoms with van der Waals surface area (Å²) in [5.74, 6) is 0.619. The van der Waals surface area contributed by atoms with Gasteiger partial charge in [0, 0.05) is 5.56 Å². The van der Waals surface area contributed by atoms with Crippen molar-refractivity contribution in [1.82, 2.24) is 5.32 Å². The zero-order valence-electron chi connectivity index (χ0n) is 14.8. The van der Waals surface area contributed by atoms with E-state index in [9.17, 15) is 4.79 Å². The van der Waals surface area contributed by atoms with Gasteiger partial charge in [0.25, 0.3) is 5.91 Å². The molecule has 0 saturated carbocycles. The van der Waals surface area contributed by atoms with Crippen molar-refractivity contribution in [2.45, 2.75) is 6.04 Å². The first-order valence-electron chi connectivity index (χ1n) is 8.78. The molecule has 2 N–H and O–H groups in total. The van der Waals surface area contributed by atoms with Gasteiger partial charge in [-0.15, -0.1) is 0 Å². The monoisotopic (exact) mass is 419 g/mol. The summed E-state index contributed by atoms with van der Waals surface area (Å²) in [6.45, 7) is 4.32. The number of rotatable bonds is 6. The zero-order chi connectivity index (χ0) is 18.4. The lowest BCUT2D eigenvalue weighted by Gasteiger charge is -2.28. The van der Waals surface area contributed by atoms with Crippen LogP contribution in [0.2, 0.25) is 0 Å². The van der Waals surface area contributed by atoms with E-state index in [2.05, 4.69) is 33.4 Å². The number of quaternary nitrogens is 1. The highest BCUT2D eigenvalue weighted by Crippen LogP contribution is 2.25. The second-order valence-electron chi connectivity index (χ2n) is 6.35. The molecule has 3 rings (SSSR count). The van der Waals surface area contributed by atoms with Gasteiger partial charge in [-0.1, -0.05) is 30.3 Å². The molecule has 1 fully saturated rings. The molecule has 2 aromatic carbocycles. The second kappa shape index (κ2) is 9.16. The molecule has 1 atom stereocenters. The van der Waals surface area contributed by atoms with Crippen molar-refractivity contribution < 1.29 is 19.2 Å². The standard InChI is InChI=1S/C20H23BrN2O3/c1-25-19-8-7-16(13-17(19)21)20(24)22-18(15-5-3-2-4-6-15)14-23-9-11-26-12-10-23/h2-8,13,18H,9-12,14H2,1H3,(H,22,24)/p+1/t18-/m1/s1. The lowest BCUT2D eigenvalue weighted by molar-refractivity contribution is -0.909. The molecule has 0 aromatic heterocycles. The summed E-state index contributed by atoms with van der Waals surface area (Å²) in [5, 5.41) is 3.20. The number of carbonyl (C=O) groups excluding carboxylic acids is 1. The van der Waals surface area contributed by atoms with E-state index in [1.807, 2.05) is 18.2 Å². The maximum atomic E-state index is 12.8. The Morgan fingerprint density at radius 2 is 1.96 bits per heavy atom. The van der Waals surface area contributed by atoms with Crippen molar-refractivity contribution in [2.24, 2.45) is 0 Å². The number of morpholine rings is 1. The Bertz CT molecular complexity index is 733. The Kier molecular flexibility index (Phi) is 6.66. The number of hydrogen-bond donors (Lipinski definition) is 2. The summed E-state index contributed by atoms with van der Waals surface area (Å²) >= 11 is 3.44. The third kappa shape index (κ3) is 4.84. The molecule has 2 aromatic rings. The average Bonchev–Trinajstić information content (AvgIpc) is 2.69. The van der Waals surface area contributed by atoms with Gasteiger partial charge in [-0.25, -0.2) is 0 Å². The molecule has 1 saturated heterocycles. The maximum absolute atomic E-state index is 12.8. The average molecular weight is 420 g/mol. The summed E-state index contributed by atoms with van der Waals surface area (Å²) in [7, 11) is 1.61. The Labute approximate surface area is 162 Å². The van der Waals surface area contributed by atoms with Crippen molar-refractivity contribution in [3.05, 3.63) is 64.1 Å². The first-order chi connectivity index (χ1) is 12.7. The first kappa shape index (κ1) is 18.9. The normalized spacial score (nSPS) is 16.1. The highest BCUT2D eigenvalue weighted by Gasteiger charge is 2.23. The second-order valence-corrected chi connectivity index (χ2v) is 7.21. The predicted molar refractivity (Wildman–Crippen MR) is 104 cm³/mol. The summed E-state index contributed by atoms with van der Waals surface area (Å²) < 4.78 is 11.5. The molecule has 138 valence electrons. The molecule has 6 heteroatoms. The molecule has 0 spiro atoms. The van der Waals surface area contributed by atoms with Crippen LogP contribution in [-0.2, 0) is 4.74 Å². The summed E-state index contributed by atoms with van der Waals surface area (Å²) in [5.41, 5.74) is 1.73. The number of amides is 1. The number of ether oxygens (including phenoxy) is 2. The lowest BCUT2D eigenvalue weighted by Crippen LogP contribution is -3.14. The molecule has 0 bridgehead atoms. The molecular weight excluding hydrogens is 396 g/mol. The van der Waals surface area contributed by atoms with Gasteiger partial charge in [-0.3, -0.25) is 4.79 Å². The highest BCUT2D eigenvalue weighted by atomic mass is 79.9. The minimum Gasteiger partial charge on any atom is -0.496 e. The fraction of sp³-hybridized carbons (Fsp3) is 0.350. The van der Waals surface area contributed by atoms with Crippen LogP contribution in [0.25, 0.3) is 0 Å². The minimum atomic E-state index is -0.0881. The van der Waals surface area contributed by atoms with Crippen LogP contribution in [0, 0.1) is 0 Å².